The molecule has 106 valence electrons. The van der Waals surface area contributed by atoms with Crippen molar-refractivity contribution in [1.82, 2.24) is 5.16 Å². The normalized spacial score (nSPS) is 11.7. The number of hydrogen-bond donors (Lipinski definition) is 1. The van der Waals surface area contributed by atoms with Crippen molar-refractivity contribution in [2.24, 2.45) is 0 Å². The summed E-state index contributed by atoms with van der Waals surface area (Å²) in [5.41, 5.74) is -1.64. The predicted molar refractivity (Wildman–Crippen MR) is 63.6 cm³/mol. The highest BCUT2D eigenvalue weighted by Gasteiger charge is 2.32. The number of halogens is 4. The smallest absolute Gasteiger partial charge is 0.416 e. The first-order valence-electron chi connectivity index (χ1n) is 5.28. The van der Waals surface area contributed by atoms with Gasteiger partial charge in [-0.25, -0.2) is 4.79 Å². The third kappa shape index (κ3) is 2.49. The molecule has 0 saturated heterocycles. The van der Waals surface area contributed by atoms with Crippen molar-refractivity contribution in [3.8, 4) is 11.3 Å². The summed E-state index contributed by atoms with van der Waals surface area (Å²) >= 11 is 5.82. The molecule has 1 heterocycles. The predicted octanol–water partition coefficient (Wildman–Crippen LogP) is 4.02. The molecule has 2 aromatic rings. The number of nitrogens with zero attached hydrogens (tertiary/aromatic N) is 1. The van der Waals surface area contributed by atoms with Crippen molar-refractivity contribution >= 4 is 17.6 Å². The van der Waals surface area contributed by atoms with E-state index in [1.165, 1.54) is 6.92 Å². The highest BCUT2D eigenvalue weighted by Crippen LogP contribution is 2.37. The molecule has 8 heteroatoms. The average molecular weight is 306 g/mol. The van der Waals surface area contributed by atoms with Crippen LogP contribution >= 0.6 is 11.6 Å². The molecule has 0 radical (unpaired) electrons. The second-order valence-corrected chi connectivity index (χ2v) is 4.37. The van der Waals surface area contributed by atoms with Gasteiger partial charge in [0.25, 0.3) is 0 Å². The molecule has 1 aromatic carbocycles. The quantitative estimate of drug-likeness (QED) is 0.910. The lowest BCUT2D eigenvalue weighted by Gasteiger charge is -2.09. The third-order valence-corrected chi connectivity index (χ3v) is 2.95. The minimum Gasteiger partial charge on any atom is -0.477 e. The maximum atomic E-state index is 12.7. The highest BCUT2D eigenvalue weighted by molar-refractivity contribution is 6.33. The maximum Gasteiger partial charge on any atom is 0.416 e. The van der Waals surface area contributed by atoms with Gasteiger partial charge in [-0.1, -0.05) is 16.8 Å². The molecule has 1 N–H and O–H groups in total. The largest absolute Gasteiger partial charge is 0.477 e. The second kappa shape index (κ2) is 4.82. The molecular formula is C12H7ClF3NO3. The van der Waals surface area contributed by atoms with Gasteiger partial charge in [0.15, 0.2) is 0 Å². The van der Waals surface area contributed by atoms with Crippen LogP contribution in [0.25, 0.3) is 11.3 Å². The molecule has 20 heavy (non-hydrogen) atoms. The molecule has 1 aromatic heterocycles. The molecule has 2 rings (SSSR count). The molecule has 0 atom stereocenters. The SMILES string of the molecule is Cc1onc(-c2cc(C(F)(F)F)ccc2Cl)c1C(=O)O. The van der Waals surface area contributed by atoms with Crippen LogP contribution in [0.5, 0.6) is 0 Å². The van der Waals surface area contributed by atoms with Gasteiger partial charge in [-0.3, -0.25) is 0 Å². The Morgan fingerprint density at radius 2 is 2.05 bits per heavy atom. The summed E-state index contributed by atoms with van der Waals surface area (Å²) in [4.78, 5) is 11.1. The Labute approximate surface area is 115 Å². The fourth-order valence-corrected chi connectivity index (χ4v) is 1.90. The number of carboxylic acids is 1. The zero-order valence-corrected chi connectivity index (χ0v) is 10.7. The van der Waals surface area contributed by atoms with E-state index in [1.54, 1.807) is 0 Å². The summed E-state index contributed by atoms with van der Waals surface area (Å²) in [6, 6.07) is 2.58. The molecule has 0 spiro atoms. The van der Waals surface area contributed by atoms with E-state index in [2.05, 4.69) is 5.16 Å². The lowest BCUT2D eigenvalue weighted by molar-refractivity contribution is -0.137. The molecular weight excluding hydrogens is 299 g/mol. The Morgan fingerprint density at radius 1 is 1.40 bits per heavy atom. The second-order valence-electron chi connectivity index (χ2n) is 3.96. The van der Waals surface area contributed by atoms with Crippen LogP contribution in [-0.4, -0.2) is 16.2 Å². The minimum atomic E-state index is -4.57. The average Bonchev–Trinajstić information content (AvgIpc) is 2.70. The minimum absolute atomic E-state index is 0.0130. The van der Waals surface area contributed by atoms with Gasteiger partial charge in [0, 0.05) is 5.56 Å². The number of alkyl halides is 3. The van der Waals surface area contributed by atoms with Gasteiger partial charge in [-0.05, 0) is 25.1 Å². The molecule has 0 fully saturated rings. The van der Waals surface area contributed by atoms with Gasteiger partial charge in [0.1, 0.15) is 17.0 Å². The van der Waals surface area contributed by atoms with E-state index >= 15 is 0 Å². The summed E-state index contributed by atoms with van der Waals surface area (Å²) in [6.07, 6.45) is -4.57. The molecule has 0 bridgehead atoms. The first-order valence-corrected chi connectivity index (χ1v) is 5.66. The summed E-state index contributed by atoms with van der Waals surface area (Å²) < 4.78 is 42.8. The molecule has 0 aliphatic carbocycles. The number of carboxylic acid groups (broad SMARTS) is 1. The van der Waals surface area contributed by atoms with Crippen molar-refractivity contribution in [3.63, 3.8) is 0 Å². The van der Waals surface area contributed by atoms with Crippen molar-refractivity contribution < 1.29 is 27.6 Å². The Kier molecular flexibility index (Phi) is 3.47. The van der Waals surface area contributed by atoms with Gasteiger partial charge in [0.05, 0.1) is 10.6 Å². The van der Waals surface area contributed by atoms with E-state index in [4.69, 9.17) is 21.2 Å². The summed E-state index contributed by atoms with van der Waals surface area (Å²) in [5, 5.41) is 12.5. The number of aryl methyl sites for hydroxylation is 1. The van der Waals surface area contributed by atoms with Crippen LogP contribution in [0, 0.1) is 6.92 Å². The molecule has 0 aliphatic rings. The third-order valence-electron chi connectivity index (χ3n) is 2.63. The van der Waals surface area contributed by atoms with Crippen LogP contribution < -0.4 is 0 Å². The van der Waals surface area contributed by atoms with Crippen LogP contribution in [0.15, 0.2) is 22.7 Å². The lowest BCUT2D eigenvalue weighted by atomic mass is 10.0. The fourth-order valence-electron chi connectivity index (χ4n) is 1.69. The van der Waals surface area contributed by atoms with Crippen LogP contribution in [-0.2, 0) is 6.18 Å². The Balaban J connectivity index is 2.67. The lowest BCUT2D eigenvalue weighted by Crippen LogP contribution is -2.05. The van der Waals surface area contributed by atoms with E-state index in [1.807, 2.05) is 0 Å². The van der Waals surface area contributed by atoms with Crippen molar-refractivity contribution in [1.29, 1.82) is 0 Å². The van der Waals surface area contributed by atoms with Gasteiger partial charge < -0.3 is 9.63 Å². The van der Waals surface area contributed by atoms with Gasteiger partial charge in [-0.15, -0.1) is 0 Å². The number of aromatic nitrogens is 1. The first-order chi connectivity index (χ1) is 9.21. The van der Waals surface area contributed by atoms with Gasteiger partial charge in [-0.2, -0.15) is 13.2 Å². The summed E-state index contributed by atoms with van der Waals surface area (Å²) in [6.45, 7) is 1.35. The molecule has 4 nitrogen and oxygen atoms in total. The number of aromatic carboxylic acids is 1. The van der Waals surface area contributed by atoms with E-state index < -0.39 is 17.7 Å². The van der Waals surface area contributed by atoms with Gasteiger partial charge >= 0.3 is 12.1 Å². The Morgan fingerprint density at radius 3 is 2.60 bits per heavy atom. The number of rotatable bonds is 2. The number of carbonyl (C=O) groups is 1. The van der Waals surface area contributed by atoms with E-state index in [9.17, 15) is 18.0 Å². The van der Waals surface area contributed by atoms with E-state index in [-0.39, 0.29) is 27.6 Å². The molecule has 0 aliphatic heterocycles. The van der Waals surface area contributed by atoms with E-state index in [0.29, 0.717) is 0 Å². The molecule has 0 amide bonds. The zero-order valence-electron chi connectivity index (χ0n) is 9.95. The first kappa shape index (κ1) is 14.4. The topological polar surface area (TPSA) is 63.3 Å². The van der Waals surface area contributed by atoms with Crippen molar-refractivity contribution in [2.75, 3.05) is 0 Å². The Bertz CT molecular complexity index is 679. The molecule has 0 unspecified atom stereocenters. The fraction of sp³-hybridized carbons (Fsp3) is 0.167. The standard InChI is InChI=1S/C12H7ClF3NO3/c1-5-9(11(18)19)10(17-20-5)7-4-6(12(14,15)16)2-3-8(7)13/h2-4H,1H3,(H,18,19). The monoisotopic (exact) mass is 305 g/mol. The maximum absolute atomic E-state index is 12.7. The molecule has 0 saturated carbocycles. The van der Waals surface area contributed by atoms with Crippen molar-refractivity contribution in [3.05, 3.63) is 40.1 Å². The van der Waals surface area contributed by atoms with Crippen LogP contribution in [0.2, 0.25) is 5.02 Å². The van der Waals surface area contributed by atoms with E-state index in [0.717, 1.165) is 18.2 Å². The zero-order chi connectivity index (χ0) is 15.1. The van der Waals surface area contributed by atoms with Crippen LogP contribution in [0.3, 0.4) is 0 Å². The van der Waals surface area contributed by atoms with Gasteiger partial charge in [0.2, 0.25) is 0 Å². The summed E-state index contributed by atoms with van der Waals surface area (Å²) in [5.74, 6) is -1.37. The van der Waals surface area contributed by atoms with Crippen molar-refractivity contribution in [2.45, 2.75) is 13.1 Å². The number of benzene rings is 1. The Hall–Kier alpha value is -2.02. The highest BCUT2D eigenvalue weighted by atomic mass is 35.5. The van der Waals surface area contributed by atoms with Crippen LogP contribution in [0.4, 0.5) is 13.2 Å². The number of hydrogen-bond acceptors (Lipinski definition) is 3. The summed E-state index contributed by atoms with van der Waals surface area (Å²) in [7, 11) is 0. The van der Waals surface area contributed by atoms with Crippen LogP contribution in [0.1, 0.15) is 21.7 Å².